The summed E-state index contributed by atoms with van der Waals surface area (Å²) < 4.78 is 25.0. The molecule has 0 aliphatic rings. The molecular formula is C7H2Cl2F2INO. The van der Waals surface area contributed by atoms with Crippen LogP contribution in [0.2, 0.25) is 5.02 Å². The zero-order chi connectivity index (χ0) is 10.9. The van der Waals surface area contributed by atoms with Gasteiger partial charge in [-0.3, -0.25) is 4.79 Å². The summed E-state index contributed by atoms with van der Waals surface area (Å²) >= 11 is 12.5. The quantitative estimate of drug-likeness (QED) is 0.462. The molecule has 1 aromatic rings. The third kappa shape index (κ3) is 2.32. The van der Waals surface area contributed by atoms with Crippen LogP contribution in [0.1, 0.15) is 22.3 Å². The van der Waals surface area contributed by atoms with E-state index >= 15 is 0 Å². The molecule has 0 atom stereocenters. The average Bonchev–Trinajstić information content (AvgIpc) is 2.08. The normalized spacial score (nSPS) is 10.7. The maximum absolute atomic E-state index is 12.4. The lowest BCUT2D eigenvalue weighted by molar-refractivity contribution is 0.106. The van der Waals surface area contributed by atoms with Crippen molar-refractivity contribution in [2.45, 2.75) is 6.43 Å². The van der Waals surface area contributed by atoms with Crippen LogP contribution in [-0.4, -0.2) is 10.2 Å². The number of hydrogen-bond donors (Lipinski definition) is 0. The Kier molecular flexibility index (Phi) is 4.03. The fourth-order valence-electron chi connectivity index (χ4n) is 0.843. The molecule has 0 saturated carbocycles. The Morgan fingerprint density at radius 2 is 2.14 bits per heavy atom. The van der Waals surface area contributed by atoms with E-state index in [1.165, 1.54) is 0 Å². The van der Waals surface area contributed by atoms with E-state index in [1.54, 1.807) is 22.6 Å². The third-order valence-electron chi connectivity index (χ3n) is 1.44. The van der Waals surface area contributed by atoms with Gasteiger partial charge in [-0.2, -0.15) is 0 Å². The SMILES string of the molecule is O=C(Cl)c1c(C(F)F)cnc(I)c1Cl. The average molecular weight is 352 g/mol. The fraction of sp³-hybridized carbons (Fsp3) is 0.143. The largest absolute Gasteiger partial charge is 0.276 e. The Labute approximate surface area is 102 Å². The van der Waals surface area contributed by atoms with Gasteiger partial charge in [-0.1, -0.05) is 11.6 Å². The third-order valence-corrected chi connectivity index (χ3v) is 3.13. The second-order valence-electron chi connectivity index (χ2n) is 2.27. The molecule has 0 fully saturated rings. The molecule has 0 aliphatic carbocycles. The summed E-state index contributed by atoms with van der Waals surface area (Å²) in [6, 6.07) is 0. The monoisotopic (exact) mass is 351 g/mol. The van der Waals surface area contributed by atoms with Crippen molar-refractivity contribution in [2.75, 3.05) is 0 Å². The van der Waals surface area contributed by atoms with Gasteiger partial charge in [0.2, 0.25) is 0 Å². The number of alkyl halides is 2. The molecule has 0 N–H and O–H groups in total. The minimum Gasteiger partial charge on any atom is -0.276 e. The number of hydrogen-bond acceptors (Lipinski definition) is 2. The van der Waals surface area contributed by atoms with Crippen LogP contribution in [0, 0.1) is 3.70 Å². The molecule has 1 heterocycles. The van der Waals surface area contributed by atoms with Crippen LogP contribution >= 0.6 is 45.8 Å². The highest BCUT2D eigenvalue weighted by Crippen LogP contribution is 2.31. The van der Waals surface area contributed by atoms with Gasteiger partial charge in [-0.05, 0) is 34.2 Å². The van der Waals surface area contributed by atoms with Gasteiger partial charge in [-0.15, -0.1) is 0 Å². The Balaban J connectivity index is 3.45. The topological polar surface area (TPSA) is 30.0 Å². The van der Waals surface area contributed by atoms with Crippen LogP contribution in [-0.2, 0) is 0 Å². The van der Waals surface area contributed by atoms with E-state index in [1.807, 2.05) is 0 Å². The number of aromatic nitrogens is 1. The van der Waals surface area contributed by atoms with E-state index in [4.69, 9.17) is 23.2 Å². The van der Waals surface area contributed by atoms with Crippen LogP contribution in [0.25, 0.3) is 0 Å². The molecule has 7 heteroatoms. The molecule has 0 saturated heterocycles. The summed E-state index contributed by atoms with van der Waals surface area (Å²) in [6.45, 7) is 0. The van der Waals surface area contributed by atoms with Crippen molar-refractivity contribution < 1.29 is 13.6 Å². The first-order valence-electron chi connectivity index (χ1n) is 3.27. The summed E-state index contributed by atoms with van der Waals surface area (Å²) in [7, 11) is 0. The molecule has 1 rings (SSSR count). The summed E-state index contributed by atoms with van der Waals surface area (Å²) in [5.74, 6) is 0. The molecule has 14 heavy (non-hydrogen) atoms. The maximum Gasteiger partial charge on any atom is 0.266 e. The van der Waals surface area contributed by atoms with E-state index in [0.717, 1.165) is 6.20 Å². The standard InChI is InChI=1S/C7H2Cl2F2INO/c8-4-3(5(9)14)2(6(10)11)1-13-7(4)12/h1,6H. The maximum atomic E-state index is 12.4. The van der Waals surface area contributed by atoms with E-state index < -0.39 is 17.2 Å². The zero-order valence-corrected chi connectivity index (χ0v) is 10.1. The van der Waals surface area contributed by atoms with E-state index in [2.05, 4.69) is 4.98 Å². The summed E-state index contributed by atoms with van der Waals surface area (Å²) in [5, 5.41) is -1.14. The number of rotatable bonds is 2. The first-order chi connectivity index (χ1) is 6.45. The minimum atomic E-state index is -2.82. The fourth-order valence-corrected chi connectivity index (χ4v) is 1.75. The number of nitrogens with zero attached hydrogens (tertiary/aromatic N) is 1. The highest BCUT2D eigenvalue weighted by atomic mass is 127. The summed E-state index contributed by atoms with van der Waals surface area (Å²) in [6.07, 6.45) is -1.93. The molecule has 2 nitrogen and oxygen atoms in total. The molecule has 0 aromatic carbocycles. The second-order valence-corrected chi connectivity index (χ2v) is 4.01. The lowest BCUT2D eigenvalue weighted by Gasteiger charge is -2.07. The van der Waals surface area contributed by atoms with E-state index in [9.17, 15) is 13.6 Å². The van der Waals surface area contributed by atoms with Crippen molar-refractivity contribution in [2.24, 2.45) is 0 Å². The molecule has 0 spiro atoms. The smallest absolute Gasteiger partial charge is 0.266 e. The van der Waals surface area contributed by atoms with Crippen molar-refractivity contribution >= 4 is 51.0 Å². The number of carbonyl (C=O) groups is 1. The van der Waals surface area contributed by atoms with E-state index in [-0.39, 0.29) is 14.3 Å². The number of carbonyl (C=O) groups excluding carboxylic acids is 1. The van der Waals surface area contributed by atoms with Crippen molar-refractivity contribution in [3.63, 3.8) is 0 Å². The predicted octanol–water partition coefficient (Wildman–Crippen LogP) is 3.66. The lowest BCUT2D eigenvalue weighted by Crippen LogP contribution is -2.02. The molecule has 1 aromatic heterocycles. The summed E-state index contributed by atoms with van der Waals surface area (Å²) in [5.41, 5.74) is -0.918. The van der Waals surface area contributed by atoms with E-state index in [0.29, 0.717) is 0 Å². The van der Waals surface area contributed by atoms with Gasteiger partial charge < -0.3 is 0 Å². The van der Waals surface area contributed by atoms with Gasteiger partial charge in [-0.25, -0.2) is 13.8 Å². The molecule has 0 bridgehead atoms. The molecule has 0 unspecified atom stereocenters. The first kappa shape index (κ1) is 12.1. The van der Waals surface area contributed by atoms with Gasteiger partial charge in [0.05, 0.1) is 10.6 Å². The van der Waals surface area contributed by atoms with Crippen LogP contribution < -0.4 is 0 Å². The number of pyridine rings is 1. The van der Waals surface area contributed by atoms with Crippen LogP contribution in [0.15, 0.2) is 6.20 Å². The Morgan fingerprint density at radius 3 is 2.57 bits per heavy atom. The summed E-state index contributed by atoms with van der Waals surface area (Å²) in [4.78, 5) is 14.5. The zero-order valence-electron chi connectivity index (χ0n) is 6.40. The molecule has 76 valence electrons. The first-order valence-corrected chi connectivity index (χ1v) is 5.10. The predicted molar refractivity (Wildman–Crippen MR) is 57.1 cm³/mol. The van der Waals surface area contributed by atoms with Crippen molar-refractivity contribution in [1.29, 1.82) is 0 Å². The van der Waals surface area contributed by atoms with Crippen molar-refractivity contribution in [3.8, 4) is 0 Å². The lowest BCUT2D eigenvalue weighted by atomic mass is 10.1. The van der Waals surface area contributed by atoms with Crippen LogP contribution in [0.5, 0.6) is 0 Å². The second kappa shape index (κ2) is 4.67. The Morgan fingerprint density at radius 1 is 1.57 bits per heavy atom. The highest BCUT2D eigenvalue weighted by Gasteiger charge is 2.22. The van der Waals surface area contributed by atoms with Crippen LogP contribution in [0.3, 0.4) is 0 Å². The van der Waals surface area contributed by atoms with Gasteiger partial charge in [0.1, 0.15) is 3.70 Å². The van der Waals surface area contributed by atoms with Crippen LogP contribution in [0.4, 0.5) is 8.78 Å². The van der Waals surface area contributed by atoms with Gasteiger partial charge in [0.25, 0.3) is 11.7 Å². The highest BCUT2D eigenvalue weighted by molar-refractivity contribution is 14.1. The number of halogens is 5. The van der Waals surface area contributed by atoms with Gasteiger partial charge in [0.15, 0.2) is 0 Å². The molecule has 0 radical (unpaired) electrons. The van der Waals surface area contributed by atoms with Crippen molar-refractivity contribution in [1.82, 2.24) is 4.98 Å². The molecule has 0 aliphatic heterocycles. The molecule has 0 amide bonds. The van der Waals surface area contributed by atoms with Crippen molar-refractivity contribution in [3.05, 3.63) is 26.0 Å². The Hall–Kier alpha value is -0.0100. The molecular weight excluding hydrogens is 350 g/mol. The van der Waals surface area contributed by atoms with Gasteiger partial charge in [0, 0.05) is 11.8 Å². The van der Waals surface area contributed by atoms with Gasteiger partial charge >= 0.3 is 0 Å². The Bertz CT molecular complexity index is 386. The minimum absolute atomic E-state index is 0.136.